The molecule has 6 aromatic carbocycles. The first-order chi connectivity index (χ1) is 25.7. The van der Waals surface area contributed by atoms with E-state index in [0.29, 0.717) is 17.1 Å². The van der Waals surface area contributed by atoms with Crippen LogP contribution in [0.15, 0.2) is 156 Å². The molecule has 53 heavy (non-hydrogen) atoms. The van der Waals surface area contributed by atoms with Crippen LogP contribution in [0.3, 0.4) is 0 Å². The van der Waals surface area contributed by atoms with Crippen molar-refractivity contribution in [3.63, 3.8) is 0 Å². The summed E-state index contributed by atoms with van der Waals surface area (Å²) in [6.45, 7) is 14.9. The number of fused-ring (bicyclic) bond motifs is 1. The predicted octanol–water partition coefficient (Wildman–Crippen LogP) is 12.2. The Balaban J connectivity index is 1.16. The lowest BCUT2D eigenvalue weighted by molar-refractivity contribution is 0.616. The fourth-order valence-corrected chi connectivity index (χ4v) is 7.78. The number of benzene rings is 6. The molecule has 5 nitrogen and oxygen atoms in total. The molecule has 0 aliphatic rings. The zero-order valence-corrected chi connectivity index (χ0v) is 30.6. The third-order valence-electron chi connectivity index (χ3n) is 9.55. The lowest BCUT2D eigenvalue weighted by Gasteiger charge is -2.17. The Morgan fingerprint density at radius 1 is 0.566 bits per heavy atom. The van der Waals surface area contributed by atoms with E-state index in [-0.39, 0.29) is 0 Å². The molecule has 0 amide bonds. The van der Waals surface area contributed by atoms with Gasteiger partial charge in [-0.1, -0.05) is 104 Å². The minimum Gasteiger partial charge on any atom is -0.464 e. The van der Waals surface area contributed by atoms with Crippen LogP contribution >= 0.6 is 0 Å². The van der Waals surface area contributed by atoms with Gasteiger partial charge in [0, 0.05) is 22.1 Å². The predicted molar refractivity (Wildman–Crippen MR) is 218 cm³/mol. The van der Waals surface area contributed by atoms with Crippen LogP contribution in [0.2, 0.25) is 19.6 Å². The molecule has 0 aliphatic heterocycles. The molecule has 6 heteroatoms. The molecular formula is C47H34N4OSi. The average Bonchev–Trinajstić information content (AvgIpc) is 3.69. The van der Waals surface area contributed by atoms with Crippen molar-refractivity contribution in [2.75, 3.05) is 0 Å². The summed E-state index contributed by atoms with van der Waals surface area (Å²) < 4.78 is 5.57. The minimum atomic E-state index is -1.44. The van der Waals surface area contributed by atoms with Crippen molar-refractivity contribution in [2.45, 2.75) is 19.6 Å². The van der Waals surface area contributed by atoms with E-state index in [0.717, 1.165) is 72.4 Å². The van der Waals surface area contributed by atoms with Crippen molar-refractivity contribution in [1.29, 1.82) is 5.26 Å². The van der Waals surface area contributed by atoms with Crippen molar-refractivity contribution in [3.05, 3.63) is 169 Å². The molecule has 0 spiro atoms. The highest BCUT2D eigenvalue weighted by molar-refractivity contribution is 6.88. The van der Waals surface area contributed by atoms with Gasteiger partial charge in [0.1, 0.15) is 5.58 Å². The Labute approximate surface area is 310 Å². The molecule has 0 saturated heterocycles. The summed E-state index contributed by atoms with van der Waals surface area (Å²) in [7, 11) is -1.44. The lowest BCUT2D eigenvalue weighted by Crippen LogP contribution is -2.37. The Bertz CT molecular complexity index is 2710. The average molecular weight is 699 g/mol. The van der Waals surface area contributed by atoms with Gasteiger partial charge in [-0.2, -0.15) is 5.26 Å². The topological polar surface area (TPSA) is 67.1 Å². The molecule has 252 valence electrons. The molecule has 0 fully saturated rings. The van der Waals surface area contributed by atoms with Gasteiger partial charge in [0.2, 0.25) is 0 Å². The Morgan fingerprint density at radius 2 is 1.13 bits per heavy atom. The molecule has 8 aromatic rings. The summed E-state index contributed by atoms with van der Waals surface area (Å²) in [6, 6.07) is 51.3. The van der Waals surface area contributed by atoms with Gasteiger partial charge < -0.3 is 4.42 Å². The Kier molecular flexibility index (Phi) is 8.60. The van der Waals surface area contributed by atoms with Crippen LogP contribution in [-0.2, 0) is 0 Å². The number of nitrogens with zero attached hydrogens (tertiary/aromatic N) is 4. The summed E-state index contributed by atoms with van der Waals surface area (Å²) in [5.74, 6) is 0.647. The van der Waals surface area contributed by atoms with Crippen LogP contribution in [0.5, 0.6) is 0 Å². The quantitative estimate of drug-likeness (QED) is 0.123. The number of hydrogen-bond donors (Lipinski definition) is 0. The van der Waals surface area contributed by atoms with Crippen molar-refractivity contribution < 1.29 is 4.42 Å². The number of aromatic nitrogens is 2. The van der Waals surface area contributed by atoms with Crippen molar-refractivity contribution in [2.24, 2.45) is 0 Å². The molecule has 0 N–H and O–H groups in total. The van der Waals surface area contributed by atoms with Gasteiger partial charge in [0.25, 0.3) is 0 Å². The molecule has 0 aliphatic carbocycles. The van der Waals surface area contributed by atoms with E-state index in [1.165, 1.54) is 5.19 Å². The first-order valence-corrected chi connectivity index (χ1v) is 21.0. The van der Waals surface area contributed by atoms with Crippen LogP contribution < -0.4 is 5.19 Å². The van der Waals surface area contributed by atoms with E-state index in [2.05, 4.69) is 97.3 Å². The van der Waals surface area contributed by atoms with E-state index < -0.39 is 8.07 Å². The van der Waals surface area contributed by atoms with Gasteiger partial charge in [-0.15, -0.1) is 0 Å². The monoisotopic (exact) mass is 698 g/mol. The normalized spacial score (nSPS) is 11.3. The standard InChI is InChI=1S/C47H34N4OSi/c1-49-42-27-40(33-14-17-43(18-15-33)53(2,3)4)26-41(28-42)39-23-31(30-48)22-38(25-39)32-10-12-34(13-11-32)44-29-45(36-16-19-46-37(24-36)20-21-52-46)51-47(50-44)35-8-6-5-7-9-35/h5-29H,2-4H3. The van der Waals surface area contributed by atoms with Crippen molar-refractivity contribution >= 4 is 29.9 Å². The van der Waals surface area contributed by atoms with Crippen LogP contribution in [0, 0.1) is 17.9 Å². The third-order valence-corrected chi connectivity index (χ3v) is 11.6. The maximum atomic E-state index is 10.1. The van der Waals surface area contributed by atoms with E-state index in [9.17, 15) is 5.26 Å². The Hall–Kier alpha value is -6.86. The fourth-order valence-electron chi connectivity index (χ4n) is 6.62. The molecule has 0 atom stereocenters. The van der Waals surface area contributed by atoms with Gasteiger partial charge >= 0.3 is 0 Å². The zero-order valence-electron chi connectivity index (χ0n) is 29.6. The minimum absolute atomic E-state index is 0.554. The van der Waals surface area contributed by atoms with E-state index in [1.807, 2.05) is 78.9 Å². The first-order valence-electron chi connectivity index (χ1n) is 17.5. The highest BCUT2D eigenvalue weighted by atomic mass is 28.3. The molecule has 8 rings (SSSR count). The van der Waals surface area contributed by atoms with E-state index in [1.54, 1.807) is 6.26 Å². The molecule has 2 aromatic heterocycles. The highest BCUT2D eigenvalue weighted by Gasteiger charge is 2.17. The fraction of sp³-hybridized carbons (Fsp3) is 0.0638. The number of nitriles is 1. The maximum Gasteiger partial charge on any atom is 0.188 e. The largest absolute Gasteiger partial charge is 0.464 e. The second-order valence-electron chi connectivity index (χ2n) is 14.2. The number of hydrogen-bond acceptors (Lipinski definition) is 4. The molecule has 2 heterocycles. The second-order valence-corrected chi connectivity index (χ2v) is 19.3. The van der Waals surface area contributed by atoms with Gasteiger partial charge in [-0.05, 0) is 100 Å². The third kappa shape index (κ3) is 6.92. The van der Waals surface area contributed by atoms with Gasteiger partial charge in [-0.3, -0.25) is 0 Å². The summed E-state index contributed by atoms with van der Waals surface area (Å²) in [4.78, 5) is 13.8. The highest BCUT2D eigenvalue weighted by Crippen LogP contribution is 2.36. The van der Waals surface area contributed by atoms with Gasteiger partial charge in [0.05, 0.1) is 43.9 Å². The summed E-state index contributed by atoms with van der Waals surface area (Å²) >= 11 is 0. The molecular weight excluding hydrogens is 665 g/mol. The van der Waals surface area contributed by atoms with Gasteiger partial charge in [0.15, 0.2) is 11.5 Å². The number of rotatable bonds is 7. The zero-order chi connectivity index (χ0) is 36.5. The van der Waals surface area contributed by atoms with Crippen LogP contribution in [0.1, 0.15) is 5.56 Å². The summed E-state index contributed by atoms with van der Waals surface area (Å²) in [6.07, 6.45) is 1.70. The lowest BCUT2D eigenvalue weighted by atomic mass is 9.93. The smallest absolute Gasteiger partial charge is 0.188 e. The van der Waals surface area contributed by atoms with E-state index >= 15 is 0 Å². The van der Waals surface area contributed by atoms with Crippen molar-refractivity contribution in [3.8, 4) is 73.4 Å². The first kappa shape index (κ1) is 33.3. The number of furan rings is 1. The van der Waals surface area contributed by atoms with Crippen LogP contribution in [0.25, 0.3) is 83.1 Å². The van der Waals surface area contributed by atoms with Crippen LogP contribution in [-0.4, -0.2) is 18.0 Å². The maximum absolute atomic E-state index is 10.1. The van der Waals surface area contributed by atoms with Crippen molar-refractivity contribution in [1.82, 2.24) is 9.97 Å². The molecule has 0 radical (unpaired) electrons. The van der Waals surface area contributed by atoms with Crippen LogP contribution in [0.4, 0.5) is 5.69 Å². The molecule has 0 saturated carbocycles. The Morgan fingerprint density at radius 3 is 1.77 bits per heavy atom. The molecule has 0 unspecified atom stereocenters. The summed E-state index contributed by atoms with van der Waals surface area (Å²) in [5.41, 5.74) is 12.1. The van der Waals surface area contributed by atoms with E-state index in [4.69, 9.17) is 21.0 Å². The van der Waals surface area contributed by atoms with Gasteiger partial charge in [-0.25, -0.2) is 14.8 Å². The summed E-state index contributed by atoms with van der Waals surface area (Å²) in [5, 5.41) is 12.5. The SMILES string of the molecule is [C-]#[N+]c1cc(-c2ccc([Si](C)(C)C)cc2)cc(-c2cc(C#N)cc(-c3ccc(-c4cc(-c5ccc6occc6c5)nc(-c5ccccc5)n4)cc3)c2)c1. The second kappa shape index (κ2) is 13.7. The molecule has 0 bridgehead atoms.